The first-order valence-electron chi connectivity index (χ1n) is 5.13. The summed E-state index contributed by atoms with van der Waals surface area (Å²) in [7, 11) is 1.80. The molecule has 1 rings (SSSR count). The lowest BCUT2D eigenvalue weighted by molar-refractivity contribution is 0.0955. The van der Waals surface area contributed by atoms with Gasteiger partial charge in [0.15, 0.2) is 5.78 Å². The molecule has 0 fully saturated rings. The maximum Gasteiger partial charge on any atom is 0.179 e. The summed E-state index contributed by atoms with van der Waals surface area (Å²) in [6.45, 7) is 3.99. The number of likely N-dealkylation sites (N-methyl/N-ethyl adjacent to an activating group) is 1. The fourth-order valence-electron chi connectivity index (χ4n) is 1.26. The van der Waals surface area contributed by atoms with Crippen molar-refractivity contribution in [3.63, 3.8) is 0 Å². The van der Waals surface area contributed by atoms with Gasteiger partial charge >= 0.3 is 0 Å². The molecule has 0 aliphatic rings. The SMILES string of the molecule is CCSc1ccc(C(=O)C(C)NC)cc1. The lowest BCUT2D eigenvalue weighted by Gasteiger charge is -2.09. The van der Waals surface area contributed by atoms with Gasteiger partial charge in [-0.15, -0.1) is 11.8 Å². The van der Waals surface area contributed by atoms with Gasteiger partial charge in [-0.3, -0.25) is 4.79 Å². The van der Waals surface area contributed by atoms with Gasteiger partial charge in [0.05, 0.1) is 6.04 Å². The van der Waals surface area contributed by atoms with E-state index in [1.54, 1.807) is 18.8 Å². The summed E-state index contributed by atoms with van der Waals surface area (Å²) in [6.07, 6.45) is 0. The Kier molecular flexibility index (Phi) is 4.85. The van der Waals surface area contributed by atoms with E-state index in [2.05, 4.69) is 12.2 Å². The highest BCUT2D eigenvalue weighted by Crippen LogP contribution is 2.18. The van der Waals surface area contributed by atoms with Crippen molar-refractivity contribution >= 4 is 17.5 Å². The van der Waals surface area contributed by atoms with E-state index in [1.807, 2.05) is 31.2 Å². The van der Waals surface area contributed by atoms with Crippen molar-refractivity contribution in [1.82, 2.24) is 5.32 Å². The van der Waals surface area contributed by atoms with Crippen LogP contribution in [0.5, 0.6) is 0 Å². The Morgan fingerprint density at radius 3 is 2.47 bits per heavy atom. The highest BCUT2D eigenvalue weighted by atomic mass is 32.2. The number of hydrogen-bond acceptors (Lipinski definition) is 3. The largest absolute Gasteiger partial charge is 0.310 e. The predicted octanol–water partition coefficient (Wildman–Crippen LogP) is 2.59. The first-order valence-corrected chi connectivity index (χ1v) is 6.12. The van der Waals surface area contributed by atoms with Crippen LogP contribution in [-0.4, -0.2) is 24.6 Å². The number of hydrogen-bond donors (Lipinski definition) is 1. The normalized spacial score (nSPS) is 12.5. The van der Waals surface area contributed by atoms with E-state index >= 15 is 0 Å². The van der Waals surface area contributed by atoms with Gasteiger partial charge in [-0.2, -0.15) is 0 Å². The molecule has 3 heteroatoms. The molecule has 0 aliphatic heterocycles. The minimum absolute atomic E-state index is 0.116. The lowest BCUT2D eigenvalue weighted by Crippen LogP contribution is -2.30. The van der Waals surface area contributed by atoms with Crippen LogP contribution in [0.2, 0.25) is 0 Å². The molecular weight excluding hydrogens is 206 g/mol. The number of nitrogens with one attached hydrogen (secondary N) is 1. The second-order valence-electron chi connectivity index (χ2n) is 3.33. The molecular formula is C12H17NOS. The van der Waals surface area contributed by atoms with E-state index in [1.165, 1.54) is 4.90 Å². The number of benzene rings is 1. The van der Waals surface area contributed by atoms with Gasteiger partial charge < -0.3 is 5.32 Å². The summed E-state index contributed by atoms with van der Waals surface area (Å²) in [6, 6.07) is 7.69. The molecule has 0 aliphatic carbocycles. The van der Waals surface area contributed by atoms with Crippen LogP contribution in [0, 0.1) is 0 Å². The van der Waals surface area contributed by atoms with Gasteiger partial charge in [0.1, 0.15) is 0 Å². The third-order valence-corrected chi connectivity index (χ3v) is 3.17. The quantitative estimate of drug-likeness (QED) is 0.614. The van der Waals surface area contributed by atoms with Crippen LogP contribution in [0.3, 0.4) is 0 Å². The van der Waals surface area contributed by atoms with Crippen LogP contribution in [0.1, 0.15) is 24.2 Å². The summed E-state index contributed by atoms with van der Waals surface area (Å²) < 4.78 is 0. The molecule has 82 valence electrons. The molecule has 1 aromatic carbocycles. The molecule has 0 amide bonds. The highest BCUT2D eigenvalue weighted by Gasteiger charge is 2.12. The lowest BCUT2D eigenvalue weighted by atomic mass is 10.1. The molecule has 1 atom stereocenters. The number of carbonyl (C=O) groups excluding carboxylic acids is 1. The molecule has 1 aromatic rings. The van der Waals surface area contributed by atoms with Gasteiger partial charge in [-0.1, -0.05) is 19.1 Å². The zero-order chi connectivity index (χ0) is 11.3. The molecule has 1 unspecified atom stereocenters. The number of Topliss-reactive ketones (excluding diaryl/α,β-unsaturated/α-hetero) is 1. The number of ketones is 1. The maximum atomic E-state index is 11.8. The molecule has 1 N–H and O–H groups in total. The Morgan fingerprint density at radius 2 is 2.00 bits per heavy atom. The Morgan fingerprint density at radius 1 is 1.40 bits per heavy atom. The van der Waals surface area contributed by atoms with Crippen molar-refractivity contribution in [1.29, 1.82) is 0 Å². The summed E-state index contributed by atoms with van der Waals surface area (Å²) in [5, 5.41) is 2.95. The fourth-order valence-corrected chi connectivity index (χ4v) is 1.93. The standard InChI is InChI=1S/C12H17NOS/c1-4-15-11-7-5-10(6-8-11)12(14)9(2)13-3/h5-9,13H,4H2,1-3H3. The van der Waals surface area contributed by atoms with Crippen molar-refractivity contribution in [2.45, 2.75) is 24.8 Å². The summed E-state index contributed by atoms with van der Waals surface area (Å²) in [5.74, 6) is 1.20. The van der Waals surface area contributed by atoms with E-state index < -0.39 is 0 Å². The van der Waals surface area contributed by atoms with Gasteiger partial charge in [0, 0.05) is 10.5 Å². The maximum absolute atomic E-state index is 11.8. The zero-order valence-corrected chi connectivity index (χ0v) is 10.2. The molecule has 0 aromatic heterocycles. The van der Waals surface area contributed by atoms with Crippen LogP contribution < -0.4 is 5.32 Å². The van der Waals surface area contributed by atoms with E-state index in [-0.39, 0.29) is 11.8 Å². The molecule has 15 heavy (non-hydrogen) atoms. The van der Waals surface area contributed by atoms with Gasteiger partial charge in [0.2, 0.25) is 0 Å². The minimum atomic E-state index is -0.116. The van der Waals surface area contributed by atoms with Crippen LogP contribution in [-0.2, 0) is 0 Å². The fraction of sp³-hybridized carbons (Fsp3) is 0.417. The highest BCUT2D eigenvalue weighted by molar-refractivity contribution is 7.99. The second-order valence-corrected chi connectivity index (χ2v) is 4.67. The van der Waals surface area contributed by atoms with Crippen LogP contribution in [0.25, 0.3) is 0 Å². The smallest absolute Gasteiger partial charge is 0.179 e. The summed E-state index contributed by atoms with van der Waals surface area (Å²) >= 11 is 1.78. The van der Waals surface area contributed by atoms with Crippen molar-refractivity contribution in [3.8, 4) is 0 Å². The van der Waals surface area contributed by atoms with Crippen LogP contribution in [0.15, 0.2) is 29.2 Å². The molecule has 0 radical (unpaired) electrons. The van der Waals surface area contributed by atoms with E-state index in [9.17, 15) is 4.79 Å². The van der Waals surface area contributed by atoms with E-state index in [0.29, 0.717) is 0 Å². The van der Waals surface area contributed by atoms with Gasteiger partial charge in [-0.05, 0) is 31.9 Å². The Hall–Kier alpha value is -0.800. The van der Waals surface area contributed by atoms with Crippen molar-refractivity contribution in [3.05, 3.63) is 29.8 Å². The molecule has 2 nitrogen and oxygen atoms in total. The minimum Gasteiger partial charge on any atom is -0.310 e. The average Bonchev–Trinajstić information content (AvgIpc) is 2.28. The van der Waals surface area contributed by atoms with Crippen molar-refractivity contribution < 1.29 is 4.79 Å². The summed E-state index contributed by atoms with van der Waals surface area (Å²) in [5.41, 5.74) is 0.775. The zero-order valence-electron chi connectivity index (χ0n) is 9.41. The monoisotopic (exact) mass is 223 g/mol. The number of rotatable bonds is 5. The Bertz CT molecular complexity index is 321. The first kappa shape index (κ1) is 12.3. The summed E-state index contributed by atoms with van der Waals surface area (Å²) in [4.78, 5) is 13.0. The topological polar surface area (TPSA) is 29.1 Å². The van der Waals surface area contributed by atoms with E-state index in [4.69, 9.17) is 0 Å². The van der Waals surface area contributed by atoms with Gasteiger partial charge in [0.25, 0.3) is 0 Å². The Labute approximate surface area is 95.5 Å². The third kappa shape index (κ3) is 3.36. The molecule has 0 spiro atoms. The van der Waals surface area contributed by atoms with E-state index in [0.717, 1.165) is 11.3 Å². The van der Waals surface area contributed by atoms with Crippen LogP contribution in [0.4, 0.5) is 0 Å². The molecule has 0 bridgehead atoms. The van der Waals surface area contributed by atoms with Crippen LogP contribution >= 0.6 is 11.8 Å². The first-order chi connectivity index (χ1) is 7.19. The molecule has 0 saturated heterocycles. The predicted molar refractivity (Wildman–Crippen MR) is 65.7 cm³/mol. The molecule has 0 heterocycles. The second kappa shape index (κ2) is 5.93. The number of thioether (sulfide) groups is 1. The Balaban J connectivity index is 2.75. The average molecular weight is 223 g/mol. The third-order valence-electron chi connectivity index (χ3n) is 2.28. The van der Waals surface area contributed by atoms with Crippen molar-refractivity contribution in [2.24, 2.45) is 0 Å². The molecule has 0 saturated carbocycles. The van der Waals surface area contributed by atoms with Crippen molar-refractivity contribution in [2.75, 3.05) is 12.8 Å². The van der Waals surface area contributed by atoms with Gasteiger partial charge in [-0.25, -0.2) is 0 Å². The number of carbonyl (C=O) groups is 1.